The second-order valence-corrected chi connectivity index (χ2v) is 6.47. The number of carbonyl (C=O) groups is 1. The van der Waals surface area contributed by atoms with Crippen LogP contribution in [0.5, 0.6) is 0 Å². The van der Waals surface area contributed by atoms with Crippen molar-refractivity contribution < 1.29 is 26.7 Å². The molecule has 1 aliphatic heterocycles. The van der Waals surface area contributed by atoms with Crippen LogP contribution in [-0.2, 0) is 6.18 Å². The summed E-state index contributed by atoms with van der Waals surface area (Å²) in [6.07, 6.45) is -2.66. The molecule has 0 saturated carbocycles. The molecule has 0 radical (unpaired) electrons. The smallest absolute Gasteiger partial charge is 0.354 e. The Labute approximate surface area is 159 Å². The van der Waals surface area contributed by atoms with Gasteiger partial charge in [-0.15, -0.1) is 10.2 Å². The minimum atomic E-state index is -4.81. The lowest BCUT2D eigenvalue weighted by atomic mass is 10.1. The Kier molecular flexibility index (Phi) is 6.41. The van der Waals surface area contributed by atoms with Crippen LogP contribution in [0.4, 0.5) is 27.8 Å². The lowest BCUT2D eigenvalue weighted by Crippen LogP contribution is -2.33. The van der Waals surface area contributed by atoms with Gasteiger partial charge in [-0.05, 0) is 31.9 Å². The Hall–Kier alpha value is -2.52. The molecule has 0 aromatic carbocycles. The fraction of sp³-hybridized carbons (Fsp3) is 0.500. The number of rotatable bonds is 4. The maximum atomic E-state index is 13.7. The van der Waals surface area contributed by atoms with Gasteiger partial charge in [0.15, 0.2) is 11.5 Å². The van der Waals surface area contributed by atoms with Crippen LogP contribution in [0.2, 0.25) is 0 Å². The average molecular weight is 404 g/mol. The maximum Gasteiger partial charge on any atom is 0.435 e. The van der Waals surface area contributed by atoms with E-state index >= 15 is 0 Å². The third-order valence-electron chi connectivity index (χ3n) is 4.50. The number of alkyl halides is 5. The maximum absolute atomic E-state index is 13.7. The molecule has 1 saturated heterocycles. The lowest BCUT2D eigenvalue weighted by Gasteiger charge is -2.25. The van der Waals surface area contributed by atoms with Gasteiger partial charge in [-0.3, -0.25) is 4.79 Å². The van der Waals surface area contributed by atoms with E-state index in [-0.39, 0.29) is 37.3 Å². The minimum absolute atomic E-state index is 0.114. The van der Waals surface area contributed by atoms with Crippen LogP contribution in [0.3, 0.4) is 0 Å². The summed E-state index contributed by atoms with van der Waals surface area (Å²) < 4.78 is 67.1. The Morgan fingerprint density at radius 1 is 1.25 bits per heavy atom. The van der Waals surface area contributed by atoms with Gasteiger partial charge in [0.1, 0.15) is 0 Å². The van der Waals surface area contributed by atoms with Gasteiger partial charge in [0.2, 0.25) is 5.92 Å². The second-order valence-electron chi connectivity index (χ2n) is 6.47. The summed E-state index contributed by atoms with van der Waals surface area (Å²) in [6.45, 7) is 6.23. The molecule has 1 fully saturated rings. The molecule has 1 aromatic heterocycles. The highest BCUT2D eigenvalue weighted by Crippen LogP contribution is 2.35. The van der Waals surface area contributed by atoms with Crippen molar-refractivity contribution in [2.24, 2.45) is 0 Å². The zero-order chi connectivity index (χ0) is 21.1. The number of halogens is 5. The van der Waals surface area contributed by atoms with Gasteiger partial charge in [-0.25, -0.2) is 8.78 Å². The normalized spacial score (nSPS) is 17.8. The average Bonchev–Trinajstić information content (AvgIpc) is 2.78. The Bertz CT molecular complexity index is 789. The van der Waals surface area contributed by atoms with Gasteiger partial charge in [-0.1, -0.05) is 12.7 Å². The minimum Gasteiger partial charge on any atom is -0.354 e. The molecule has 1 aromatic rings. The van der Waals surface area contributed by atoms with Crippen molar-refractivity contribution in [1.29, 1.82) is 0 Å². The second kappa shape index (κ2) is 8.24. The van der Waals surface area contributed by atoms with E-state index in [1.807, 2.05) is 0 Å². The number of nitrogens with one attached hydrogen (secondary N) is 1. The van der Waals surface area contributed by atoms with Crippen molar-refractivity contribution in [2.45, 2.75) is 45.2 Å². The SMILES string of the molecule is C=C/C(=C\C)NC(=O)c1c(N2CCCC(F)(F)CC2)nnc(C(F)(F)F)c1C. The van der Waals surface area contributed by atoms with E-state index in [0.29, 0.717) is 5.70 Å². The van der Waals surface area contributed by atoms with Gasteiger partial charge in [0.25, 0.3) is 5.91 Å². The van der Waals surface area contributed by atoms with Gasteiger partial charge in [0.05, 0.1) is 5.56 Å². The summed E-state index contributed by atoms with van der Waals surface area (Å²) in [7, 11) is 0. The number of amides is 1. The molecule has 2 rings (SSSR count). The van der Waals surface area contributed by atoms with Crippen molar-refractivity contribution in [1.82, 2.24) is 15.5 Å². The van der Waals surface area contributed by atoms with E-state index in [2.05, 4.69) is 22.1 Å². The highest BCUT2D eigenvalue weighted by molar-refractivity contribution is 6.01. The van der Waals surface area contributed by atoms with Gasteiger partial charge in [0, 0.05) is 31.6 Å². The predicted molar refractivity (Wildman–Crippen MR) is 94.2 cm³/mol. The van der Waals surface area contributed by atoms with Crippen LogP contribution in [0.15, 0.2) is 24.4 Å². The molecule has 10 heteroatoms. The molecule has 1 N–H and O–H groups in total. The molecule has 28 heavy (non-hydrogen) atoms. The quantitative estimate of drug-likeness (QED) is 0.602. The van der Waals surface area contributed by atoms with Crippen molar-refractivity contribution in [3.05, 3.63) is 41.2 Å². The number of nitrogens with zero attached hydrogens (tertiary/aromatic N) is 3. The first-order valence-corrected chi connectivity index (χ1v) is 8.67. The molecule has 154 valence electrons. The van der Waals surface area contributed by atoms with Crippen molar-refractivity contribution >= 4 is 11.7 Å². The monoisotopic (exact) mass is 404 g/mol. The van der Waals surface area contributed by atoms with Crippen LogP contribution >= 0.6 is 0 Å². The topological polar surface area (TPSA) is 58.1 Å². The zero-order valence-electron chi connectivity index (χ0n) is 15.5. The van der Waals surface area contributed by atoms with Crippen LogP contribution in [0, 0.1) is 6.92 Å². The van der Waals surface area contributed by atoms with Gasteiger partial charge < -0.3 is 10.2 Å². The molecule has 0 bridgehead atoms. The first-order chi connectivity index (χ1) is 13.0. The fourth-order valence-electron chi connectivity index (χ4n) is 2.98. The van der Waals surface area contributed by atoms with E-state index in [4.69, 9.17) is 0 Å². The Morgan fingerprint density at radius 2 is 1.93 bits per heavy atom. The van der Waals surface area contributed by atoms with Crippen molar-refractivity contribution in [3.8, 4) is 0 Å². The van der Waals surface area contributed by atoms with Crippen molar-refractivity contribution in [2.75, 3.05) is 18.0 Å². The molecule has 1 amide bonds. The lowest BCUT2D eigenvalue weighted by molar-refractivity contribution is -0.142. The highest BCUT2D eigenvalue weighted by atomic mass is 19.4. The molecule has 0 unspecified atom stereocenters. The third kappa shape index (κ3) is 4.85. The molecule has 5 nitrogen and oxygen atoms in total. The number of hydrogen-bond acceptors (Lipinski definition) is 4. The van der Waals surface area contributed by atoms with E-state index in [1.54, 1.807) is 6.92 Å². The summed E-state index contributed by atoms with van der Waals surface area (Å²) in [4.78, 5) is 14.1. The fourth-order valence-corrected chi connectivity index (χ4v) is 2.98. The molecular weight excluding hydrogens is 383 g/mol. The Balaban J connectivity index is 2.54. The third-order valence-corrected chi connectivity index (χ3v) is 4.50. The highest BCUT2D eigenvalue weighted by Gasteiger charge is 2.39. The number of carbonyl (C=O) groups excluding carboxylic acids is 1. The molecule has 0 spiro atoms. The number of anilines is 1. The standard InChI is InChI=1S/C18H21F5N4O/c1-4-12(5-2)24-16(28)13-11(3)14(18(21,22)23)25-26-15(13)27-9-6-7-17(19,20)8-10-27/h4-5H,1,6-10H2,2-3H3,(H,24,28)/b12-5+. The zero-order valence-corrected chi connectivity index (χ0v) is 15.5. The summed E-state index contributed by atoms with van der Waals surface area (Å²) in [5, 5.41) is 9.30. The predicted octanol–water partition coefficient (Wildman–Crippen LogP) is 4.25. The largest absolute Gasteiger partial charge is 0.435 e. The summed E-state index contributed by atoms with van der Waals surface area (Å²) in [5.41, 5.74) is -1.75. The molecule has 0 aliphatic carbocycles. The molecule has 2 heterocycles. The van der Waals surface area contributed by atoms with Crippen LogP contribution in [0.1, 0.15) is 47.8 Å². The van der Waals surface area contributed by atoms with Crippen LogP contribution in [0.25, 0.3) is 0 Å². The first kappa shape index (κ1) is 21.8. The van der Waals surface area contributed by atoms with Crippen LogP contribution in [-0.4, -0.2) is 35.1 Å². The van der Waals surface area contributed by atoms with E-state index in [1.165, 1.54) is 17.1 Å². The molecule has 0 atom stereocenters. The number of allylic oxidation sites excluding steroid dienone is 2. The van der Waals surface area contributed by atoms with E-state index in [9.17, 15) is 26.7 Å². The number of aromatic nitrogens is 2. The summed E-state index contributed by atoms with van der Waals surface area (Å²) in [6, 6.07) is 0. The van der Waals surface area contributed by atoms with Gasteiger partial charge >= 0.3 is 6.18 Å². The first-order valence-electron chi connectivity index (χ1n) is 8.67. The Morgan fingerprint density at radius 3 is 2.50 bits per heavy atom. The van der Waals surface area contributed by atoms with E-state index in [0.717, 1.165) is 6.92 Å². The van der Waals surface area contributed by atoms with Crippen LogP contribution < -0.4 is 10.2 Å². The van der Waals surface area contributed by atoms with Gasteiger partial charge in [-0.2, -0.15) is 13.2 Å². The summed E-state index contributed by atoms with van der Waals surface area (Å²) >= 11 is 0. The van der Waals surface area contributed by atoms with Crippen molar-refractivity contribution in [3.63, 3.8) is 0 Å². The number of hydrogen-bond donors (Lipinski definition) is 1. The molecular formula is C18H21F5N4O. The molecule has 1 aliphatic rings. The summed E-state index contributed by atoms with van der Waals surface area (Å²) in [5.74, 6) is -3.84. The van der Waals surface area contributed by atoms with E-state index < -0.39 is 35.7 Å².